The Morgan fingerprint density at radius 3 is 2.54 bits per heavy atom. The topological polar surface area (TPSA) is 57.0 Å². The van der Waals surface area contributed by atoms with Gasteiger partial charge in [-0.25, -0.2) is 9.48 Å². The van der Waals surface area contributed by atoms with Crippen LogP contribution in [0.3, 0.4) is 0 Å². The van der Waals surface area contributed by atoms with E-state index in [0.717, 1.165) is 5.56 Å². The Labute approximate surface area is 148 Å². The number of hydrogen-bond acceptors (Lipinski definition) is 4. The Kier molecular flexibility index (Phi) is 4.83. The van der Waals surface area contributed by atoms with Gasteiger partial charge in [0.15, 0.2) is 5.69 Å². The van der Waals surface area contributed by atoms with Gasteiger partial charge in [0.25, 0.3) is 0 Å². The van der Waals surface area contributed by atoms with Crippen LogP contribution in [0, 0.1) is 0 Å². The number of carbonyl (C=O) groups is 1. The third kappa shape index (κ3) is 3.27. The summed E-state index contributed by atoms with van der Waals surface area (Å²) in [6.45, 7) is 2.03. The largest absolute Gasteiger partial charge is 0.461 e. The second-order valence-electron chi connectivity index (χ2n) is 4.88. The van der Waals surface area contributed by atoms with Gasteiger partial charge in [0, 0.05) is 18.0 Å². The van der Waals surface area contributed by atoms with Crippen molar-refractivity contribution < 1.29 is 9.53 Å². The summed E-state index contributed by atoms with van der Waals surface area (Å²) in [5.41, 5.74) is 2.40. The van der Waals surface area contributed by atoms with Crippen LogP contribution in [0.4, 0.5) is 0 Å². The number of ether oxygens (including phenoxy) is 1. The van der Waals surface area contributed by atoms with E-state index in [1.165, 1.54) is 4.68 Å². The molecular weight excluding hydrogens is 349 g/mol. The molecule has 0 atom stereocenters. The van der Waals surface area contributed by atoms with Gasteiger partial charge in [-0.15, -0.1) is 0 Å². The van der Waals surface area contributed by atoms with Crippen LogP contribution in [0.2, 0.25) is 10.0 Å². The van der Waals surface area contributed by atoms with Crippen molar-refractivity contribution in [1.29, 1.82) is 0 Å². The van der Waals surface area contributed by atoms with E-state index in [1.54, 1.807) is 43.6 Å². The number of hydrogen-bond donors (Lipinski definition) is 0. The van der Waals surface area contributed by atoms with E-state index in [0.29, 0.717) is 27.1 Å². The molecule has 0 spiro atoms. The van der Waals surface area contributed by atoms with Crippen molar-refractivity contribution in [3.8, 4) is 16.9 Å². The lowest BCUT2D eigenvalue weighted by Gasteiger charge is -2.07. The first kappa shape index (κ1) is 16.5. The Hall–Kier alpha value is -2.37. The fourth-order valence-electron chi connectivity index (χ4n) is 2.21. The Morgan fingerprint density at radius 2 is 1.88 bits per heavy atom. The van der Waals surface area contributed by atoms with E-state index >= 15 is 0 Å². The van der Waals surface area contributed by atoms with Gasteiger partial charge in [0.2, 0.25) is 0 Å². The molecule has 0 unspecified atom stereocenters. The van der Waals surface area contributed by atoms with Crippen molar-refractivity contribution in [3.63, 3.8) is 0 Å². The highest BCUT2D eigenvalue weighted by atomic mass is 35.5. The van der Waals surface area contributed by atoms with Crippen LogP contribution in [0.1, 0.15) is 17.4 Å². The first-order valence-electron chi connectivity index (χ1n) is 7.23. The molecule has 0 saturated carbocycles. The molecule has 3 aromatic rings. The molecule has 0 aliphatic carbocycles. The average Bonchev–Trinajstić information content (AvgIpc) is 3.04. The fourth-order valence-corrected chi connectivity index (χ4v) is 2.50. The van der Waals surface area contributed by atoms with Gasteiger partial charge in [-0.1, -0.05) is 23.2 Å². The predicted molar refractivity (Wildman–Crippen MR) is 92.8 cm³/mol. The summed E-state index contributed by atoms with van der Waals surface area (Å²) in [4.78, 5) is 16.3. The monoisotopic (exact) mass is 361 g/mol. The second-order valence-corrected chi connectivity index (χ2v) is 5.70. The zero-order valence-electron chi connectivity index (χ0n) is 12.7. The summed E-state index contributed by atoms with van der Waals surface area (Å²) in [5, 5.41) is 5.32. The third-order valence-corrected chi connectivity index (χ3v) is 4.06. The Morgan fingerprint density at radius 1 is 1.12 bits per heavy atom. The van der Waals surface area contributed by atoms with Crippen LogP contribution in [0.25, 0.3) is 16.9 Å². The lowest BCUT2D eigenvalue weighted by Crippen LogP contribution is -2.11. The highest BCUT2D eigenvalue weighted by Crippen LogP contribution is 2.27. The van der Waals surface area contributed by atoms with Gasteiger partial charge in [0.1, 0.15) is 0 Å². The minimum absolute atomic E-state index is 0.274. The van der Waals surface area contributed by atoms with E-state index < -0.39 is 5.97 Å². The maximum absolute atomic E-state index is 12.3. The van der Waals surface area contributed by atoms with Gasteiger partial charge in [-0.3, -0.25) is 4.98 Å². The average molecular weight is 362 g/mol. The summed E-state index contributed by atoms with van der Waals surface area (Å²) < 4.78 is 6.62. The van der Waals surface area contributed by atoms with Crippen LogP contribution in [-0.2, 0) is 4.74 Å². The maximum atomic E-state index is 12.3. The van der Waals surface area contributed by atoms with Gasteiger partial charge in [-0.05, 0) is 43.3 Å². The zero-order chi connectivity index (χ0) is 17.1. The molecule has 7 heteroatoms. The molecule has 24 heavy (non-hydrogen) atoms. The summed E-state index contributed by atoms with van der Waals surface area (Å²) in [5.74, 6) is -0.462. The molecule has 0 fully saturated rings. The second kappa shape index (κ2) is 7.03. The molecule has 0 saturated heterocycles. The number of halogens is 2. The quantitative estimate of drug-likeness (QED) is 0.645. The van der Waals surface area contributed by atoms with E-state index in [-0.39, 0.29) is 6.61 Å². The van der Waals surface area contributed by atoms with E-state index in [9.17, 15) is 4.79 Å². The molecule has 2 heterocycles. The summed E-state index contributed by atoms with van der Waals surface area (Å²) in [7, 11) is 0. The van der Waals surface area contributed by atoms with Crippen LogP contribution in [0.15, 0.2) is 48.8 Å². The highest BCUT2D eigenvalue weighted by Gasteiger charge is 2.19. The third-order valence-electron chi connectivity index (χ3n) is 3.32. The Bertz CT molecular complexity index is 879. The summed E-state index contributed by atoms with van der Waals surface area (Å²) in [6.07, 6.45) is 3.33. The number of carbonyl (C=O) groups excluding carboxylic acids is 1. The van der Waals surface area contributed by atoms with Gasteiger partial charge in [-0.2, -0.15) is 5.10 Å². The summed E-state index contributed by atoms with van der Waals surface area (Å²) in [6, 6.07) is 10.3. The zero-order valence-corrected chi connectivity index (χ0v) is 14.3. The van der Waals surface area contributed by atoms with Crippen molar-refractivity contribution >= 4 is 29.2 Å². The normalized spacial score (nSPS) is 10.6. The fraction of sp³-hybridized carbons (Fsp3) is 0.118. The van der Waals surface area contributed by atoms with Gasteiger partial charge < -0.3 is 4.74 Å². The molecule has 0 amide bonds. The SMILES string of the molecule is CCOC(=O)c1cc(-c2ccncc2)nn1-c1ccc(Cl)c(Cl)c1. The number of esters is 1. The first-order chi connectivity index (χ1) is 11.6. The van der Waals surface area contributed by atoms with Gasteiger partial charge in [0.05, 0.1) is 28.0 Å². The van der Waals surface area contributed by atoms with Crippen molar-refractivity contribution in [3.05, 3.63) is 64.5 Å². The molecular formula is C17H13Cl2N3O2. The number of benzene rings is 1. The number of pyridine rings is 1. The minimum Gasteiger partial charge on any atom is -0.461 e. The van der Waals surface area contributed by atoms with Crippen LogP contribution in [-0.4, -0.2) is 27.3 Å². The molecule has 0 aliphatic heterocycles. The molecule has 0 N–H and O–H groups in total. The Balaban J connectivity index is 2.13. The van der Waals surface area contributed by atoms with E-state index in [4.69, 9.17) is 27.9 Å². The predicted octanol–water partition coefficient (Wildman–Crippen LogP) is 4.42. The number of aromatic nitrogens is 3. The lowest BCUT2D eigenvalue weighted by molar-refractivity contribution is 0.0515. The molecule has 0 aliphatic rings. The van der Waals surface area contributed by atoms with Crippen molar-refractivity contribution in [2.45, 2.75) is 6.92 Å². The van der Waals surface area contributed by atoms with Crippen LogP contribution < -0.4 is 0 Å². The van der Waals surface area contributed by atoms with Gasteiger partial charge >= 0.3 is 5.97 Å². The maximum Gasteiger partial charge on any atom is 0.357 e. The molecule has 3 rings (SSSR count). The van der Waals surface area contributed by atoms with Crippen LogP contribution >= 0.6 is 23.2 Å². The minimum atomic E-state index is -0.462. The van der Waals surface area contributed by atoms with E-state index in [1.807, 2.05) is 12.1 Å². The molecule has 1 aromatic carbocycles. The number of nitrogens with zero attached hydrogens (tertiary/aromatic N) is 3. The summed E-state index contributed by atoms with van der Waals surface area (Å²) >= 11 is 12.0. The van der Waals surface area contributed by atoms with Crippen molar-refractivity contribution in [2.75, 3.05) is 6.61 Å². The first-order valence-corrected chi connectivity index (χ1v) is 7.98. The van der Waals surface area contributed by atoms with E-state index in [2.05, 4.69) is 10.1 Å². The van der Waals surface area contributed by atoms with Crippen molar-refractivity contribution in [2.24, 2.45) is 0 Å². The standard InChI is InChI=1S/C17H13Cl2N3O2/c1-2-24-17(23)16-10-15(11-5-7-20-8-6-11)21-22(16)12-3-4-13(18)14(19)9-12/h3-10H,2H2,1H3. The molecule has 0 radical (unpaired) electrons. The highest BCUT2D eigenvalue weighted by molar-refractivity contribution is 6.42. The molecule has 0 bridgehead atoms. The smallest absolute Gasteiger partial charge is 0.357 e. The van der Waals surface area contributed by atoms with Crippen LogP contribution in [0.5, 0.6) is 0 Å². The van der Waals surface area contributed by atoms with Crippen molar-refractivity contribution in [1.82, 2.24) is 14.8 Å². The molecule has 2 aromatic heterocycles. The lowest BCUT2D eigenvalue weighted by atomic mass is 10.2. The number of rotatable bonds is 4. The molecule has 5 nitrogen and oxygen atoms in total. The molecule has 122 valence electrons.